The van der Waals surface area contributed by atoms with Gasteiger partial charge in [0.2, 0.25) is 11.9 Å². The molecule has 7 nitrogen and oxygen atoms in total. The average Bonchev–Trinajstić information content (AvgIpc) is 3.49. The number of nitrogens with zero attached hydrogens (tertiary/aromatic N) is 6. The van der Waals surface area contributed by atoms with Crippen LogP contribution in [0.2, 0.25) is 20.2 Å². The van der Waals surface area contributed by atoms with Crippen LogP contribution >= 0.6 is 46.4 Å². The number of hydrogen-bond donors (Lipinski definition) is 0. The lowest BCUT2D eigenvalue weighted by atomic mass is 10.0. The van der Waals surface area contributed by atoms with Gasteiger partial charge in [0.15, 0.2) is 5.15 Å². The van der Waals surface area contributed by atoms with E-state index in [1.807, 2.05) is 225 Å². The van der Waals surface area contributed by atoms with E-state index in [0.717, 1.165) is 83.3 Å². The van der Waals surface area contributed by atoms with Crippen molar-refractivity contribution in [2.75, 3.05) is 0 Å². The second-order valence-electron chi connectivity index (χ2n) is 17.4. The van der Waals surface area contributed by atoms with E-state index in [4.69, 9.17) is 66.3 Å². The Labute approximate surface area is 467 Å². The van der Waals surface area contributed by atoms with Crippen molar-refractivity contribution in [3.05, 3.63) is 293 Å². The van der Waals surface area contributed by atoms with Crippen LogP contribution in [0.25, 0.3) is 101 Å². The summed E-state index contributed by atoms with van der Waals surface area (Å²) in [6.07, 6.45) is 3.33. The highest BCUT2D eigenvalue weighted by atomic mass is 35.5. The first-order valence-electron chi connectivity index (χ1n) is 24.4. The van der Waals surface area contributed by atoms with Gasteiger partial charge in [-0.15, -0.1) is 0 Å². The Morgan fingerprint density at radius 2 is 0.584 bits per heavy atom. The summed E-state index contributed by atoms with van der Waals surface area (Å²) in [6, 6.07) is 82.0. The van der Waals surface area contributed by atoms with E-state index >= 15 is 0 Å². The standard InChI is InChI=1S/C22H14Cl2N2.C22H15ClN2O.C22H15ClN2/c23-18-13-11-17(12-14-18)21-22(24)26-20(16-9-5-2-6-10-16)19(25-21)15-7-3-1-4-8-15;23-19-13-11-16(12-14-19)20-15-25(26)22(18-9-5-2-6-10-18)21(24-20)17-7-3-1-4-8-17;23-19-13-11-16(12-14-19)20-15-24-21(17-7-3-1-4-8-17)22(25-20)18-9-5-2-6-10-18/h1-14H;1-15H;1-15H. The van der Waals surface area contributed by atoms with Crippen LogP contribution in [0.1, 0.15) is 0 Å². The van der Waals surface area contributed by atoms with Gasteiger partial charge >= 0.3 is 0 Å². The largest absolute Gasteiger partial charge is 0.618 e. The second-order valence-corrected chi connectivity index (χ2v) is 19.0. The van der Waals surface area contributed by atoms with E-state index in [1.165, 1.54) is 6.20 Å². The molecule has 77 heavy (non-hydrogen) atoms. The molecule has 12 rings (SSSR count). The van der Waals surface area contributed by atoms with Gasteiger partial charge in [-0.3, -0.25) is 4.98 Å². The third-order valence-corrected chi connectivity index (χ3v) is 13.2. The zero-order valence-corrected chi connectivity index (χ0v) is 44.0. The molecule has 0 unspecified atom stereocenters. The first-order chi connectivity index (χ1) is 37.8. The topological polar surface area (TPSA) is 91.4 Å². The van der Waals surface area contributed by atoms with E-state index in [2.05, 4.69) is 29.2 Å². The van der Waals surface area contributed by atoms with Crippen LogP contribution in [0.4, 0.5) is 0 Å². The van der Waals surface area contributed by atoms with Crippen LogP contribution in [0.15, 0.2) is 267 Å². The van der Waals surface area contributed by atoms with Gasteiger partial charge in [0, 0.05) is 65.1 Å². The third kappa shape index (κ3) is 12.7. The molecule has 0 atom stereocenters. The van der Waals surface area contributed by atoms with Gasteiger partial charge < -0.3 is 5.21 Å². The van der Waals surface area contributed by atoms with Gasteiger partial charge in [-0.25, -0.2) is 19.9 Å². The zero-order chi connectivity index (χ0) is 52.9. The Bertz CT molecular complexity index is 3860. The van der Waals surface area contributed by atoms with Crippen molar-refractivity contribution < 1.29 is 4.73 Å². The van der Waals surface area contributed by atoms with Crippen LogP contribution in [0.3, 0.4) is 0 Å². The van der Waals surface area contributed by atoms with Gasteiger partial charge in [0.25, 0.3) is 0 Å². The minimum Gasteiger partial charge on any atom is -0.618 e. The second kappa shape index (κ2) is 24.7. The molecule has 0 aliphatic rings. The summed E-state index contributed by atoms with van der Waals surface area (Å²) in [7, 11) is 0. The Kier molecular flexibility index (Phi) is 16.6. The van der Waals surface area contributed by atoms with Crippen LogP contribution in [0, 0.1) is 5.21 Å². The fourth-order valence-corrected chi connectivity index (χ4v) is 9.07. The summed E-state index contributed by atoms with van der Waals surface area (Å²) < 4.78 is 0.897. The van der Waals surface area contributed by atoms with Crippen molar-refractivity contribution in [3.8, 4) is 101 Å². The van der Waals surface area contributed by atoms with E-state index in [9.17, 15) is 5.21 Å². The summed E-state index contributed by atoms with van der Waals surface area (Å²) >= 11 is 24.5. The Balaban J connectivity index is 0.000000131. The Hall–Kier alpha value is -8.82. The SMILES string of the molecule is Clc1ccc(-c2cnc(-c3ccccc3)c(-c3ccccc3)n2)cc1.Clc1ccc(-c2nc(-c3ccccc3)c(-c3ccccc3)nc2Cl)cc1.[O-][n+]1cc(-c2ccc(Cl)cc2)nc(-c2ccccc2)c1-c1ccccc1. The summed E-state index contributed by atoms with van der Waals surface area (Å²) in [4.78, 5) is 24.0. The third-order valence-electron chi connectivity index (χ3n) is 12.2. The zero-order valence-electron chi connectivity index (χ0n) is 41.0. The van der Waals surface area contributed by atoms with Crippen molar-refractivity contribution in [1.29, 1.82) is 0 Å². The van der Waals surface area contributed by atoms with Gasteiger partial charge in [0.05, 0.1) is 34.7 Å². The average molecular weight is 1080 g/mol. The molecule has 0 radical (unpaired) electrons. The summed E-state index contributed by atoms with van der Waals surface area (Å²) in [5.74, 6) is 0. The van der Waals surface area contributed by atoms with E-state index < -0.39 is 0 Å². The van der Waals surface area contributed by atoms with Crippen LogP contribution in [0.5, 0.6) is 0 Å². The van der Waals surface area contributed by atoms with Gasteiger partial charge in [-0.05, 0) is 48.5 Å². The molecule has 0 amide bonds. The van der Waals surface area contributed by atoms with E-state index in [0.29, 0.717) is 43.0 Å². The fourth-order valence-electron chi connectivity index (χ4n) is 8.45. The fraction of sp³-hybridized carbons (Fsp3) is 0. The molecule has 0 aliphatic carbocycles. The number of rotatable bonds is 9. The van der Waals surface area contributed by atoms with Gasteiger partial charge in [-0.2, -0.15) is 4.73 Å². The molecule has 0 N–H and O–H groups in total. The van der Waals surface area contributed by atoms with E-state index in [-0.39, 0.29) is 0 Å². The maximum atomic E-state index is 12.9. The molecule has 3 aromatic heterocycles. The molecule has 372 valence electrons. The summed E-state index contributed by atoms with van der Waals surface area (Å²) in [5.41, 5.74) is 15.1. The lowest BCUT2D eigenvalue weighted by Gasteiger charge is -2.12. The van der Waals surface area contributed by atoms with Crippen molar-refractivity contribution in [3.63, 3.8) is 0 Å². The molecule has 11 heteroatoms. The first-order valence-corrected chi connectivity index (χ1v) is 26.0. The molecule has 0 bridgehead atoms. The maximum absolute atomic E-state index is 12.9. The lowest BCUT2D eigenvalue weighted by molar-refractivity contribution is -0.593. The van der Waals surface area contributed by atoms with Gasteiger partial charge in [-0.1, -0.05) is 253 Å². The molecule has 0 aliphatic heterocycles. The highest BCUT2D eigenvalue weighted by molar-refractivity contribution is 6.32. The molecule has 3 heterocycles. The molecule has 0 saturated carbocycles. The lowest BCUT2D eigenvalue weighted by Crippen LogP contribution is -2.30. The number of benzene rings is 9. The molecular weight excluding hydrogens is 1030 g/mol. The monoisotopic (exact) mass is 1080 g/mol. The van der Waals surface area contributed by atoms with Crippen LogP contribution in [-0.2, 0) is 0 Å². The Morgan fingerprint density at radius 1 is 0.273 bits per heavy atom. The van der Waals surface area contributed by atoms with E-state index in [1.54, 1.807) is 12.1 Å². The minimum atomic E-state index is 0.367. The highest BCUT2D eigenvalue weighted by Gasteiger charge is 2.22. The number of aromatic nitrogens is 6. The normalized spacial score (nSPS) is 10.6. The van der Waals surface area contributed by atoms with Gasteiger partial charge in [0.1, 0.15) is 17.1 Å². The number of hydrogen-bond acceptors (Lipinski definition) is 6. The summed E-state index contributed by atoms with van der Waals surface area (Å²) in [5, 5.41) is 15.3. The highest BCUT2D eigenvalue weighted by Crippen LogP contribution is 2.36. The van der Waals surface area contributed by atoms with Crippen LogP contribution in [-0.4, -0.2) is 24.9 Å². The smallest absolute Gasteiger partial charge is 0.250 e. The predicted molar refractivity (Wildman–Crippen MR) is 316 cm³/mol. The summed E-state index contributed by atoms with van der Waals surface area (Å²) in [6.45, 7) is 0. The molecule has 12 aromatic rings. The molecule has 0 saturated heterocycles. The molecule has 0 spiro atoms. The Morgan fingerprint density at radius 3 is 1.01 bits per heavy atom. The number of halogens is 4. The predicted octanol–water partition coefficient (Wildman–Crippen LogP) is 18.3. The maximum Gasteiger partial charge on any atom is 0.250 e. The minimum absolute atomic E-state index is 0.367. The molecular formula is C66H44Cl4N6O. The molecule has 9 aromatic carbocycles. The molecule has 0 fully saturated rings. The first kappa shape index (κ1) is 51.7. The van der Waals surface area contributed by atoms with Crippen molar-refractivity contribution in [1.82, 2.24) is 24.9 Å². The van der Waals surface area contributed by atoms with Crippen LogP contribution < -0.4 is 4.73 Å². The quantitative estimate of drug-likeness (QED) is 0.106. The van der Waals surface area contributed by atoms with Crippen molar-refractivity contribution in [2.24, 2.45) is 0 Å². The van der Waals surface area contributed by atoms with Crippen molar-refractivity contribution in [2.45, 2.75) is 0 Å². The van der Waals surface area contributed by atoms with Crippen molar-refractivity contribution >= 4 is 46.4 Å².